The molecule has 0 saturated carbocycles. The van der Waals surface area contributed by atoms with Gasteiger partial charge in [0.2, 0.25) is 5.91 Å². The summed E-state index contributed by atoms with van der Waals surface area (Å²) >= 11 is 0. The number of fused-ring (bicyclic) bond motifs is 7. The van der Waals surface area contributed by atoms with Gasteiger partial charge in [0.25, 0.3) is 17.4 Å². The lowest BCUT2D eigenvalue weighted by molar-refractivity contribution is -0.134. The summed E-state index contributed by atoms with van der Waals surface area (Å²) in [7, 11) is 1.48. The number of pyridine rings is 1. The van der Waals surface area contributed by atoms with Crippen molar-refractivity contribution in [3.8, 4) is 17.2 Å². The van der Waals surface area contributed by atoms with E-state index in [4.69, 9.17) is 14.2 Å². The van der Waals surface area contributed by atoms with Crippen LogP contribution >= 0.6 is 0 Å². The Labute approximate surface area is 237 Å². The maximum Gasteiger partial charge on any atom is 0.258 e. The molecule has 2 aromatic carbocycles. The molecule has 3 amide bonds. The van der Waals surface area contributed by atoms with E-state index in [0.717, 1.165) is 5.56 Å². The molecule has 0 aliphatic carbocycles. The van der Waals surface area contributed by atoms with E-state index in [9.17, 15) is 19.2 Å². The van der Waals surface area contributed by atoms with E-state index in [1.54, 1.807) is 35.4 Å². The number of aromatic nitrogens is 1. The van der Waals surface area contributed by atoms with Crippen molar-refractivity contribution in [2.75, 3.05) is 26.8 Å². The van der Waals surface area contributed by atoms with Crippen molar-refractivity contribution in [3.63, 3.8) is 0 Å². The zero-order chi connectivity index (χ0) is 28.8. The van der Waals surface area contributed by atoms with Crippen LogP contribution in [0.5, 0.6) is 17.2 Å². The van der Waals surface area contributed by atoms with Crippen LogP contribution in [0, 0.1) is 0 Å². The van der Waals surface area contributed by atoms with Crippen molar-refractivity contribution in [2.24, 2.45) is 0 Å². The molecule has 3 aromatic rings. The van der Waals surface area contributed by atoms with E-state index < -0.39 is 12.1 Å². The van der Waals surface area contributed by atoms with Gasteiger partial charge in [-0.25, -0.2) is 0 Å². The Balaban J connectivity index is 1.37. The van der Waals surface area contributed by atoms with Crippen molar-refractivity contribution in [1.29, 1.82) is 0 Å². The highest BCUT2D eigenvalue weighted by atomic mass is 16.5. The maximum atomic E-state index is 13.4. The molecule has 4 heterocycles. The summed E-state index contributed by atoms with van der Waals surface area (Å²) in [6.07, 6.45) is 1.92. The Kier molecular flexibility index (Phi) is 8.52. The van der Waals surface area contributed by atoms with Crippen LogP contribution in [0.25, 0.3) is 0 Å². The van der Waals surface area contributed by atoms with Crippen LogP contribution in [0.4, 0.5) is 0 Å². The first kappa shape index (κ1) is 27.8. The van der Waals surface area contributed by atoms with Crippen LogP contribution in [0.2, 0.25) is 0 Å². The number of likely N-dealkylation sites (tertiary alicyclic amines) is 1. The first-order valence-corrected chi connectivity index (χ1v) is 13.5. The first-order chi connectivity index (χ1) is 19.9. The highest BCUT2D eigenvalue weighted by Crippen LogP contribution is 2.29. The fourth-order valence-corrected chi connectivity index (χ4v) is 4.89. The fraction of sp³-hybridized carbons (Fsp3) is 0.333. The standard InChI is InChI=1S/C30H32N4O7/c1-39-25-10-7-21-16-26(25)40-19-27(35)31-17-20-5-8-22(9-6-20)41-24-11-14-34(18-23(24)32-30(21)38)29(37)12-15-33-13-3-2-4-28(33)36/h2-10,13,16,23-24H,11-12,14-15,17-19H2,1H3,(H,31,35)(H,32,38)/t23-,24+/m0/s1. The number of hydrogen-bond acceptors (Lipinski definition) is 7. The van der Waals surface area contributed by atoms with Crippen LogP contribution in [0.1, 0.15) is 28.8 Å². The summed E-state index contributed by atoms with van der Waals surface area (Å²) in [5, 5.41) is 5.85. The minimum Gasteiger partial charge on any atom is -0.493 e. The summed E-state index contributed by atoms with van der Waals surface area (Å²) < 4.78 is 18.8. The van der Waals surface area contributed by atoms with Gasteiger partial charge < -0.3 is 34.3 Å². The van der Waals surface area contributed by atoms with Gasteiger partial charge in [-0.1, -0.05) is 18.2 Å². The van der Waals surface area contributed by atoms with Gasteiger partial charge in [-0.3, -0.25) is 19.2 Å². The average molecular weight is 561 g/mol. The lowest BCUT2D eigenvalue weighted by Crippen LogP contribution is -2.58. The second-order valence-corrected chi connectivity index (χ2v) is 9.92. The van der Waals surface area contributed by atoms with Crippen molar-refractivity contribution < 1.29 is 28.6 Å². The monoisotopic (exact) mass is 560 g/mol. The predicted molar refractivity (Wildman–Crippen MR) is 149 cm³/mol. The molecule has 1 saturated heterocycles. The molecule has 41 heavy (non-hydrogen) atoms. The molecule has 0 unspecified atom stereocenters. The second-order valence-electron chi connectivity index (χ2n) is 9.92. The minimum absolute atomic E-state index is 0.113. The van der Waals surface area contributed by atoms with Crippen LogP contribution in [0.3, 0.4) is 0 Å². The summed E-state index contributed by atoms with van der Waals surface area (Å²) in [6, 6.07) is 16.4. The molecule has 3 aliphatic heterocycles. The highest BCUT2D eigenvalue weighted by Gasteiger charge is 2.34. The molecule has 4 bridgehead atoms. The number of benzene rings is 2. The van der Waals surface area contributed by atoms with Crippen molar-refractivity contribution in [2.45, 2.75) is 38.1 Å². The zero-order valence-electron chi connectivity index (χ0n) is 22.7. The van der Waals surface area contributed by atoms with E-state index in [1.165, 1.54) is 23.8 Å². The van der Waals surface area contributed by atoms with E-state index in [2.05, 4.69) is 10.6 Å². The van der Waals surface area contributed by atoms with Gasteiger partial charge >= 0.3 is 0 Å². The van der Waals surface area contributed by atoms with Crippen LogP contribution < -0.4 is 30.4 Å². The number of rotatable bonds is 4. The van der Waals surface area contributed by atoms with E-state index in [-0.39, 0.29) is 55.1 Å². The maximum absolute atomic E-state index is 13.4. The molecule has 6 rings (SSSR count). The average Bonchev–Trinajstić information content (AvgIpc) is 2.99. The molecule has 11 heteroatoms. The van der Waals surface area contributed by atoms with Crippen LogP contribution in [0.15, 0.2) is 71.7 Å². The highest BCUT2D eigenvalue weighted by molar-refractivity contribution is 5.95. The SMILES string of the molecule is COc1ccc2cc1OCC(=O)NCc1ccc(cc1)O[C@@H]1CCN(C(=O)CCn3ccccc3=O)C[C@@H]1NC2=O. The first-order valence-electron chi connectivity index (χ1n) is 13.5. The second kappa shape index (κ2) is 12.6. The number of carbonyl (C=O) groups is 3. The number of hydrogen-bond donors (Lipinski definition) is 2. The number of aryl methyl sites for hydroxylation is 1. The lowest BCUT2D eigenvalue weighted by atomic mass is 10.0. The van der Waals surface area contributed by atoms with E-state index >= 15 is 0 Å². The van der Waals surface area contributed by atoms with Gasteiger partial charge in [0, 0.05) is 56.8 Å². The summed E-state index contributed by atoms with van der Waals surface area (Å²) in [5.74, 6) is 0.443. The number of piperidine rings is 1. The number of nitrogens with zero attached hydrogens (tertiary/aromatic N) is 2. The lowest BCUT2D eigenvalue weighted by Gasteiger charge is -2.39. The molecule has 214 valence electrons. The van der Waals surface area contributed by atoms with E-state index in [0.29, 0.717) is 36.6 Å². The zero-order valence-corrected chi connectivity index (χ0v) is 22.7. The number of amides is 3. The molecule has 1 aromatic heterocycles. The Morgan fingerprint density at radius 3 is 2.68 bits per heavy atom. The molecule has 0 spiro atoms. The van der Waals surface area contributed by atoms with Gasteiger partial charge in [0.05, 0.1) is 13.2 Å². The third-order valence-corrected chi connectivity index (χ3v) is 7.17. The van der Waals surface area contributed by atoms with Gasteiger partial charge in [-0.05, 0) is 42.0 Å². The molecular weight excluding hydrogens is 528 g/mol. The van der Waals surface area contributed by atoms with Crippen molar-refractivity contribution in [3.05, 3.63) is 88.3 Å². The Hall–Kier alpha value is -4.80. The minimum atomic E-state index is -0.510. The van der Waals surface area contributed by atoms with Gasteiger partial charge in [-0.2, -0.15) is 0 Å². The molecule has 2 atom stereocenters. The number of carbonyl (C=O) groups excluding carboxylic acids is 3. The van der Waals surface area contributed by atoms with Gasteiger partial charge in [0.1, 0.15) is 11.9 Å². The largest absolute Gasteiger partial charge is 0.493 e. The Morgan fingerprint density at radius 1 is 1.07 bits per heavy atom. The summed E-state index contributed by atoms with van der Waals surface area (Å²) in [4.78, 5) is 52.6. The molecule has 11 nitrogen and oxygen atoms in total. The number of ether oxygens (including phenoxy) is 3. The van der Waals surface area contributed by atoms with Gasteiger partial charge in [-0.15, -0.1) is 0 Å². The van der Waals surface area contributed by atoms with Crippen molar-refractivity contribution >= 4 is 17.7 Å². The number of nitrogens with one attached hydrogen (secondary N) is 2. The van der Waals surface area contributed by atoms with Gasteiger partial charge in [0.15, 0.2) is 18.1 Å². The summed E-state index contributed by atoms with van der Waals surface area (Å²) in [5.41, 5.74) is 1.03. The molecular formula is C30H32N4O7. The Bertz CT molecular complexity index is 1470. The molecule has 3 aliphatic rings. The normalized spacial score (nSPS) is 19.1. The molecule has 0 radical (unpaired) electrons. The quantitative estimate of drug-likeness (QED) is 0.498. The predicted octanol–water partition coefficient (Wildman–Crippen LogP) is 1.73. The number of methoxy groups -OCH3 is 1. The van der Waals surface area contributed by atoms with Crippen LogP contribution in [-0.2, 0) is 22.7 Å². The van der Waals surface area contributed by atoms with E-state index in [1.807, 2.05) is 24.3 Å². The Morgan fingerprint density at radius 2 is 1.90 bits per heavy atom. The van der Waals surface area contributed by atoms with Crippen molar-refractivity contribution in [1.82, 2.24) is 20.1 Å². The molecule has 2 N–H and O–H groups in total. The van der Waals surface area contributed by atoms with Crippen LogP contribution in [-0.4, -0.2) is 66.1 Å². The summed E-state index contributed by atoms with van der Waals surface area (Å²) in [6.45, 7) is 1.03. The molecule has 1 fully saturated rings. The smallest absolute Gasteiger partial charge is 0.258 e. The topological polar surface area (TPSA) is 128 Å². The third-order valence-electron chi connectivity index (χ3n) is 7.17. The fourth-order valence-electron chi connectivity index (χ4n) is 4.89. The third kappa shape index (κ3) is 6.86.